The first-order valence-electron chi connectivity index (χ1n) is 12.5. The van der Waals surface area contributed by atoms with Crippen molar-refractivity contribution < 1.29 is 33.4 Å². The zero-order valence-electron chi connectivity index (χ0n) is 23.3. The molecule has 1 aliphatic rings. The third-order valence-corrected chi connectivity index (χ3v) is 9.49. The summed E-state index contributed by atoms with van der Waals surface area (Å²) in [4.78, 5) is 35.0. The van der Waals surface area contributed by atoms with Crippen molar-refractivity contribution in [2.45, 2.75) is 84.5 Å². The molecular weight excluding hydrogens is 551 g/mol. The largest absolute Gasteiger partial charge is 0.406 e. The lowest BCUT2D eigenvalue weighted by molar-refractivity contribution is -0.118. The monoisotopic (exact) mass is 590 g/mol. The van der Waals surface area contributed by atoms with E-state index in [0.29, 0.717) is 6.42 Å². The smallest absolute Gasteiger partial charge is 0.387 e. The van der Waals surface area contributed by atoms with Crippen molar-refractivity contribution in [3.63, 3.8) is 0 Å². The van der Waals surface area contributed by atoms with Crippen molar-refractivity contribution in [1.29, 1.82) is 0 Å². The molecule has 1 saturated heterocycles. The number of thioether (sulfide) groups is 1. The number of aliphatic hydroxyl groups excluding tert-OH is 1. The van der Waals surface area contributed by atoms with E-state index in [1.165, 1.54) is 17.8 Å². The van der Waals surface area contributed by atoms with Crippen LogP contribution in [0.3, 0.4) is 0 Å². The van der Waals surface area contributed by atoms with Crippen LogP contribution in [0, 0.1) is 5.41 Å². The SMILES string of the molecule is CCC(C)(C)C(=O)SCCOP(=O)(NC(C)(C)C)OC[C@H]1O[C@@H](n2cnc3c(=O)[nH]c(N)nc32)[C@](C)(O)[C@@H]1O. The second-order valence-electron chi connectivity index (χ2n) is 11.3. The molecule has 0 radical (unpaired) electrons. The number of anilines is 1. The number of fused-ring (bicyclic) bond motifs is 1. The van der Waals surface area contributed by atoms with Gasteiger partial charge in [0.1, 0.15) is 17.8 Å². The zero-order chi connectivity index (χ0) is 29.4. The number of rotatable bonds is 11. The Hall–Kier alpha value is -1.84. The summed E-state index contributed by atoms with van der Waals surface area (Å²) in [6.07, 6.45) is -1.90. The van der Waals surface area contributed by atoms with Crippen LogP contribution in [0.1, 0.15) is 61.1 Å². The molecule has 1 fully saturated rings. The molecule has 0 saturated carbocycles. The highest BCUT2D eigenvalue weighted by Gasteiger charge is 2.54. The van der Waals surface area contributed by atoms with Gasteiger partial charge < -0.3 is 20.7 Å². The van der Waals surface area contributed by atoms with E-state index in [1.807, 2.05) is 20.8 Å². The molecule has 0 spiro atoms. The number of carbonyl (C=O) groups is 1. The van der Waals surface area contributed by atoms with Gasteiger partial charge in [0.15, 0.2) is 22.5 Å². The molecule has 1 unspecified atom stereocenters. The van der Waals surface area contributed by atoms with Crippen molar-refractivity contribution in [2.24, 2.45) is 5.41 Å². The van der Waals surface area contributed by atoms with Crippen LogP contribution >= 0.6 is 19.5 Å². The number of aromatic amines is 1. The Morgan fingerprint density at radius 1 is 1.36 bits per heavy atom. The molecule has 39 heavy (non-hydrogen) atoms. The molecule has 0 amide bonds. The number of carbonyl (C=O) groups excluding carboxylic acids is 1. The summed E-state index contributed by atoms with van der Waals surface area (Å²) in [5.74, 6) is 0.112. The predicted molar refractivity (Wildman–Crippen MR) is 147 cm³/mol. The first kappa shape index (κ1) is 31.7. The molecule has 14 nitrogen and oxygen atoms in total. The quantitative estimate of drug-likeness (QED) is 0.188. The van der Waals surface area contributed by atoms with Gasteiger partial charge in [-0.05, 0) is 34.1 Å². The average molecular weight is 591 g/mol. The first-order valence-corrected chi connectivity index (χ1v) is 15.1. The lowest BCUT2D eigenvalue weighted by Crippen LogP contribution is -2.44. The van der Waals surface area contributed by atoms with E-state index in [1.54, 1.807) is 20.8 Å². The van der Waals surface area contributed by atoms with E-state index in [0.717, 1.165) is 11.8 Å². The van der Waals surface area contributed by atoms with E-state index < -0.39 is 54.9 Å². The number of aliphatic hydroxyl groups is 2. The van der Waals surface area contributed by atoms with Gasteiger partial charge in [-0.2, -0.15) is 4.98 Å². The molecular formula is C23H39N6O8PS. The average Bonchev–Trinajstić information content (AvgIpc) is 3.32. The van der Waals surface area contributed by atoms with Crippen LogP contribution in [0.2, 0.25) is 0 Å². The number of hydrogen-bond donors (Lipinski definition) is 5. The molecule has 1 aliphatic heterocycles. The zero-order valence-corrected chi connectivity index (χ0v) is 25.0. The Labute approximate surface area is 231 Å². The van der Waals surface area contributed by atoms with E-state index in [4.69, 9.17) is 19.5 Å². The number of nitrogens with zero attached hydrogens (tertiary/aromatic N) is 3. The molecule has 2 aromatic heterocycles. The molecule has 0 aliphatic carbocycles. The normalized spacial score (nSPS) is 25.7. The number of ether oxygens (including phenoxy) is 1. The molecule has 5 atom stereocenters. The minimum atomic E-state index is -3.94. The standard InChI is InChI=1S/C23H39N6O8PS/c1-8-22(5,6)19(32)39-10-9-35-38(34,28-21(2,3)4)36-11-13-15(30)23(7,33)18(37-13)29-12-25-14-16(29)26-20(24)27-17(14)31/h12-13,15,18,30,33H,8-11H2,1-7H3,(H,28,34)(H3,24,26,27,31)/t13-,15-,18-,23-,38?/m1/s1. The molecule has 2 aromatic rings. The Morgan fingerprint density at radius 2 is 2.03 bits per heavy atom. The van der Waals surface area contributed by atoms with Gasteiger partial charge in [0.2, 0.25) is 5.95 Å². The molecule has 3 rings (SSSR count). The minimum absolute atomic E-state index is 0.00847. The number of nitrogens with one attached hydrogen (secondary N) is 2. The molecule has 16 heteroatoms. The van der Waals surface area contributed by atoms with Crippen molar-refractivity contribution in [3.05, 3.63) is 16.7 Å². The maximum absolute atomic E-state index is 13.6. The van der Waals surface area contributed by atoms with E-state index in [-0.39, 0.29) is 34.6 Å². The molecule has 3 heterocycles. The summed E-state index contributed by atoms with van der Waals surface area (Å²) in [5, 5.41) is 24.8. The topological polar surface area (TPSA) is 204 Å². The number of hydrogen-bond acceptors (Lipinski definition) is 12. The van der Waals surface area contributed by atoms with Crippen molar-refractivity contribution in [1.82, 2.24) is 24.6 Å². The molecule has 0 aromatic carbocycles. The van der Waals surface area contributed by atoms with Gasteiger partial charge in [-0.25, -0.2) is 14.6 Å². The first-order chi connectivity index (χ1) is 17.9. The second-order valence-corrected chi connectivity index (χ2v) is 14.1. The lowest BCUT2D eigenvalue weighted by Gasteiger charge is -2.29. The number of nitrogen functional groups attached to an aromatic ring is 1. The summed E-state index contributed by atoms with van der Waals surface area (Å²) in [6.45, 7) is 11.9. The van der Waals surface area contributed by atoms with Crippen LogP contribution in [0.5, 0.6) is 0 Å². The van der Waals surface area contributed by atoms with Crippen LogP contribution < -0.4 is 16.4 Å². The van der Waals surface area contributed by atoms with Crippen molar-refractivity contribution in [3.8, 4) is 0 Å². The van der Waals surface area contributed by atoms with E-state index in [9.17, 15) is 24.4 Å². The Morgan fingerprint density at radius 3 is 2.64 bits per heavy atom. The Kier molecular flexibility index (Phi) is 9.40. The van der Waals surface area contributed by atoms with Crippen molar-refractivity contribution in [2.75, 3.05) is 24.7 Å². The van der Waals surface area contributed by atoms with E-state index >= 15 is 0 Å². The fourth-order valence-electron chi connectivity index (χ4n) is 3.81. The lowest BCUT2D eigenvalue weighted by atomic mass is 9.92. The predicted octanol–water partition coefficient (Wildman–Crippen LogP) is 1.94. The van der Waals surface area contributed by atoms with Gasteiger partial charge in [-0.1, -0.05) is 32.5 Å². The van der Waals surface area contributed by atoms with Crippen LogP contribution in [-0.4, -0.2) is 77.2 Å². The van der Waals surface area contributed by atoms with Crippen LogP contribution in [-0.2, 0) is 23.1 Å². The summed E-state index contributed by atoms with van der Waals surface area (Å²) >= 11 is 1.10. The number of nitrogens with two attached hydrogens (primary N) is 1. The van der Waals surface area contributed by atoms with E-state index in [2.05, 4.69) is 20.0 Å². The number of imidazole rings is 1. The van der Waals surface area contributed by atoms with Gasteiger partial charge >= 0.3 is 7.75 Å². The molecule has 0 bridgehead atoms. The molecule has 6 N–H and O–H groups in total. The fourth-order valence-corrected chi connectivity index (χ4v) is 6.52. The third-order valence-electron chi connectivity index (χ3n) is 6.35. The second kappa shape index (κ2) is 11.6. The Bertz CT molecular complexity index is 1290. The summed E-state index contributed by atoms with van der Waals surface area (Å²) in [7, 11) is -3.94. The third kappa shape index (κ3) is 7.27. The summed E-state index contributed by atoms with van der Waals surface area (Å²) < 4.78 is 32.0. The van der Waals surface area contributed by atoms with Crippen molar-refractivity contribution >= 4 is 41.7 Å². The summed E-state index contributed by atoms with van der Waals surface area (Å²) in [5.41, 5.74) is 2.11. The number of H-pyrrole nitrogens is 1. The van der Waals surface area contributed by atoms with Gasteiger partial charge in [0.25, 0.3) is 5.56 Å². The summed E-state index contributed by atoms with van der Waals surface area (Å²) in [6, 6.07) is 0. The maximum Gasteiger partial charge on any atom is 0.406 e. The van der Waals surface area contributed by atoms with Crippen LogP contribution in [0.15, 0.2) is 11.1 Å². The van der Waals surface area contributed by atoms with Gasteiger partial charge in [0, 0.05) is 16.7 Å². The highest BCUT2D eigenvalue weighted by atomic mass is 32.2. The van der Waals surface area contributed by atoms with Crippen LogP contribution in [0.25, 0.3) is 11.2 Å². The molecule has 220 valence electrons. The fraction of sp³-hybridized carbons (Fsp3) is 0.739. The van der Waals surface area contributed by atoms with Crippen LogP contribution in [0.4, 0.5) is 5.95 Å². The van der Waals surface area contributed by atoms with Gasteiger partial charge in [-0.15, -0.1) is 0 Å². The maximum atomic E-state index is 13.6. The van der Waals surface area contributed by atoms with Gasteiger partial charge in [0.05, 0.1) is 19.5 Å². The number of aromatic nitrogens is 4. The minimum Gasteiger partial charge on any atom is -0.387 e. The highest BCUT2D eigenvalue weighted by molar-refractivity contribution is 8.13. The highest BCUT2D eigenvalue weighted by Crippen LogP contribution is 2.48. The Balaban J connectivity index is 1.72. The van der Waals surface area contributed by atoms with Gasteiger partial charge in [-0.3, -0.25) is 28.2 Å².